The van der Waals surface area contributed by atoms with Gasteiger partial charge in [0, 0.05) is 6.42 Å². The minimum atomic E-state index is -1.58. The molecule has 1 heterocycles. The maximum Gasteiger partial charge on any atom is 0.220 e. The van der Waals surface area contributed by atoms with Crippen molar-refractivity contribution >= 4 is 5.91 Å². The van der Waals surface area contributed by atoms with Gasteiger partial charge in [-0.25, -0.2) is 0 Å². The Kier molecular flexibility index (Phi) is 36.8. The van der Waals surface area contributed by atoms with Gasteiger partial charge in [0.15, 0.2) is 6.29 Å². The number of hydrogen-bond donors (Lipinski definition) is 6. The van der Waals surface area contributed by atoms with Gasteiger partial charge in [-0.15, -0.1) is 0 Å². The van der Waals surface area contributed by atoms with Gasteiger partial charge in [-0.2, -0.15) is 0 Å². The molecule has 0 bridgehead atoms. The maximum atomic E-state index is 13.0. The summed E-state index contributed by atoms with van der Waals surface area (Å²) in [5, 5.41) is 54.2. The van der Waals surface area contributed by atoms with Crippen LogP contribution < -0.4 is 5.32 Å². The summed E-state index contributed by atoms with van der Waals surface area (Å²) in [5.74, 6) is -0.205. The van der Waals surface area contributed by atoms with Gasteiger partial charge in [-0.1, -0.05) is 170 Å². The molecular weight excluding hydrogens is 743 g/mol. The van der Waals surface area contributed by atoms with E-state index in [1.54, 1.807) is 6.08 Å². The van der Waals surface area contributed by atoms with Gasteiger partial charge in [0.1, 0.15) is 24.4 Å². The van der Waals surface area contributed by atoms with Crippen LogP contribution in [0.4, 0.5) is 0 Å². The lowest BCUT2D eigenvalue weighted by molar-refractivity contribution is -0.302. The quantitative estimate of drug-likeness (QED) is 0.0266. The van der Waals surface area contributed by atoms with Gasteiger partial charge in [0.05, 0.1) is 25.4 Å². The number of amides is 1. The van der Waals surface area contributed by atoms with Crippen LogP contribution in [0.25, 0.3) is 0 Å². The number of allylic oxidation sites excluding steroid dienone is 11. The Morgan fingerprint density at radius 1 is 0.593 bits per heavy atom. The summed E-state index contributed by atoms with van der Waals surface area (Å²) >= 11 is 0. The van der Waals surface area contributed by atoms with E-state index in [9.17, 15) is 30.3 Å². The van der Waals surface area contributed by atoms with Gasteiger partial charge < -0.3 is 40.3 Å². The third-order valence-electron chi connectivity index (χ3n) is 10.7. The molecule has 0 radical (unpaired) electrons. The molecule has 1 fully saturated rings. The smallest absolute Gasteiger partial charge is 0.220 e. The highest BCUT2D eigenvalue weighted by molar-refractivity contribution is 5.76. The molecule has 1 rings (SSSR count). The van der Waals surface area contributed by atoms with Crippen molar-refractivity contribution in [2.24, 2.45) is 0 Å². The van der Waals surface area contributed by atoms with E-state index in [2.05, 4.69) is 79.9 Å². The second kappa shape index (κ2) is 39.7. The SMILES string of the molecule is CC/C=C\C/C=C\C/C=C\CCCCCCCCCC(=O)NC(COC1OC(CO)C(O)C(O)C1O)C(O)/C=C/CC/C=C/CC/C=C/CCCCCCCCCCC. The Morgan fingerprint density at radius 3 is 1.63 bits per heavy atom. The molecular formula is C50H87NO8. The van der Waals surface area contributed by atoms with Crippen LogP contribution >= 0.6 is 0 Å². The number of carbonyl (C=O) groups excluding carboxylic acids is 1. The van der Waals surface area contributed by atoms with Gasteiger partial charge in [-0.3, -0.25) is 4.79 Å². The molecule has 0 aromatic carbocycles. The standard InChI is InChI=1S/C50H87NO8/c1-3-5-7-9-11-13-15-17-19-21-22-24-25-27-29-31-33-35-37-39-44(53)43(42-58-50-49(57)48(56)47(55)45(41-52)59-50)51-46(54)40-38-36-34-32-30-28-26-23-20-18-16-14-12-10-8-6-4-2/h6,8,12,14,18,20,22,24,29,31,37,39,43-45,47-50,52-53,55-57H,3-5,7,9-11,13,15-17,19,21,23,25-28,30,32-36,38,40-42H2,1-2H3,(H,51,54)/b8-6-,14-12-,20-18-,24-22+,31-29+,39-37+. The Morgan fingerprint density at radius 2 is 1.07 bits per heavy atom. The average molecular weight is 830 g/mol. The molecule has 1 aliphatic rings. The molecule has 6 N–H and O–H groups in total. The highest BCUT2D eigenvalue weighted by atomic mass is 16.7. The van der Waals surface area contributed by atoms with Crippen molar-refractivity contribution in [2.75, 3.05) is 13.2 Å². The topological polar surface area (TPSA) is 149 Å². The largest absolute Gasteiger partial charge is 0.394 e. The number of aliphatic hydroxyl groups excluding tert-OH is 5. The maximum absolute atomic E-state index is 13.0. The van der Waals surface area contributed by atoms with Crippen LogP contribution in [0, 0.1) is 0 Å². The fraction of sp³-hybridized carbons (Fsp3) is 0.740. The van der Waals surface area contributed by atoms with E-state index in [0.717, 1.165) is 83.5 Å². The number of ether oxygens (including phenoxy) is 2. The van der Waals surface area contributed by atoms with E-state index in [-0.39, 0.29) is 12.5 Å². The van der Waals surface area contributed by atoms with Crippen LogP contribution in [-0.2, 0) is 14.3 Å². The molecule has 1 amide bonds. The minimum absolute atomic E-state index is 0.205. The second-order valence-corrected chi connectivity index (χ2v) is 16.1. The number of carbonyl (C=O) groups is 1. The summed E-state index contributed by atoms with van der Waals surface area (Å²) in [6.45, 7) is 3.62. The van der Waals surface area contributed by atoms with Gasteiger partial charge in [0.25, 0.3) is 0 Å². The normalized spacial score (nSPS) is 21.4. The van der Waals surface area contributed by atoms with Crippen molar-refractivity contribution in [3.8, 4) is 0 Å². The van der Waals surface area contributed by atoms with Crippen molar-refractivity contribution in [1.82, 2.24) is 5.32 Å². The first-order valence-corrected chi connectivity index (χ1v) is 23.7. The molecule has 1 aliphatic heterocycles. The van der Waals surface area contributed by atoms with Crippen molar-refractivity contribution in [2.45, 2.75) is 224 Å². The second-order valence-electron chi connectivity index (χ2n) is 16.1. The summed E-state index contributed by atoms with van der Waals surface area (Å²) in [7, 11) is 0. The molecule has 9 nitrogen and oxygen atoms in total. The Balaban J connectivity index is 2.40. The number of hydrogen-bond acceptors (Lipinski definition) is 8. The molecule has 0 aliphatic carbocycles. The predicted octanol–water partition coefficient (Wildman–Crippen LogP) is 10.2. The lowest BCUT2D eigenvalue weighted by Crippen LogP contribution is -2.60. The highest BCUT2D eigenvalue weighted by Gasteiger charge is 2.44. The average Bonchev–Trinajstić information content (AvgIpc) is 3.23. The lowest BCUT2D eigenvalue weighted by atomic mass is 9.99. The Hall–Kier alpha value is -2.37. The van der Waals surface area contributed by atoms with Crippen molar-refractivity contribution in [3.05, 3.63) is 72.9 Å². The van der Waals surface area contributed by atoms with Crippen molar-refractivity contribution in [3.63, 3.8) is 0 Å². The summed E-state index contributed by atoms with van der Waals surface area (Å²) in [4.78, 5) is 13.0. The van der Waals surface area contributed by atoms with Crippen LogP contribution in [0.2, 0.25) is 0 Å². The van der Waals surface area contributed by atoms with Gasteiger partial charge in [0.2, 0.25) is 5.91 Å². The minimum Gasteiger partial charge on any atom is -0.394 e. The third-order valence-corrected chi connectivity index (χ3v) is 10.7. The molecule has 59 heavy (non-hydrogen) atoms. The molecule has 340 valence electrons. The van der Waals surface area contributed by atoms with E-state index in [1.807, 2.05) is 6.08 Å². The monoisotopic (exact) mass is 830 g/mol. The fourth-order valence-corrected chi connectivity index (χ4v) is 6.97. The molecule has 7 atom stereocenters. The van der Waals surface area contributed by atoms with Crippen LogP contribution in [0.15, 0.2) is 72.9 Å². The summed E-state index contributed by atoms with van der Waals surface area (Å²) in [5.41, 5.74) is 0. The number of unbranched alkanes of at least 4 members (excludes halogenated alkanes) is 18. The molecule has 1 saturated heterocycles. The van der Waals surface area contributed by atoms with Crippen LogP contribution in [-0.4, -0.2) is 87.5 Å². The van der Waals surface area contributed by atoms with Crippen molar-refractivity contribution < 1.29 is 39.8 Å². The van der Waals surface area contributed by atoms with Crippen LogP contribution in [0.3, 0.4) is 0 Å². The first-order valence-electron chi connectivity index (χ1n) is 23.7. The molecule has 0 aromatic rings. The van der Waals surface area contributed by atoms with E-state index in [0.29, 0.717) is 6.42 Å². The van der Waals surface area contributed by atoms with E-state index < -0.39 is 49.5 Å². The van der Waals surface area contributed by atoms with E-state index >= 15 is 0 Å². The third kappa shape index (κ3) is 30.3. The zero-order valence-corrected chi connectivity index (χ0v) is 37.2. The molecule has 0 saturated carbocycles. The molecule has 7 unspecified atom stereocenters. The molecule has 9 heteroatoms. The molecule has 0 spiro atoms. The van der Waals surface area contributed by atoms with E-state index in [4.69, 9.17) is 9.47 Å². The zero-order valence-electron chi connectivity index (χ0n) is 37.2. The van der Waals surface area contributed by atoms with Crippen LogP contribution in [0.5, 0.6) is 0 Å². The number of rotatable bonds is 38. The Bertz CT molecular complexity index is 1150. The van der Waals surface area contributed by atoms with Gasteiger partial charge >= 0.3 is 0 Å². The first-order chi connectivity index (χ1) is 28.8. The van der Waals surface area contributed by atoms with E-state index in [1.165, 1.54) is 77.0 Å². The summed E-state index contributed by atoms with van der Waals surface area (Å²) < 4.78 is 11.2. The van der Waals surface area contributed by atoms with Crippen molar-refractivity contribution in [1.29, 1.82) is 0 Å². The lowest BCUT2D eigenvalue weighted by Gasteiger charge is -2.40. The predicted molar refractivity (Wildman–Crippen MR) is 244 cm³/mol. The highest BCUT2D eigenvalue weighted by Crippen LogP contribution is 2.22. The van der Waals surface area contributed by atoms with Crippen LogP contribution in [0.1, 0.15) is 181 Å². The van der Waals surface area contributed by atoms with Gasteiger partial charge in [-0.05, 0) is 77.0 Å². The zero-order chi connectivity index (χ0) is 43.0. The number of aliphatic hydroxyl groups is 5. The summed E-state index contributed by atoms with van der Waals surface area (Å²) in [6, 6.07) is -0.836. The Labute approximate surface area is 359 Å². The number of nitrogens with one attached hydrogen (secondary N) is 1. The fourth-order valence-electron chi connectivity index (χ4n) is 6.97. The summed E-state index contributed by atoms with van der Waals surface area (Å²) in [6.07, 6.45) is 46.6. The molecule has 0 aromatic heterocycles. The first kappa shape index (κ1) is 54.6.